The number of hydrogen-bond donors (Lipinski definition) is 2. The van der Waals surface area contributed by atoms with Crippen molar-refractivity contribution in [3.63, 3.8) is 0 Å². The van der Waals surface area contributed by atoms with Gasteiger partial charge in [-0.1, -0.05) is 0 Å². The molecule has 0 aliphatic carbocycles. The number of imidazole rings is 1. The number of anilines is 2. The summed E-state index contributed by atoms with van der Waals surface area (Å²) in [4.78, 5) is 15.8. The molecule has 0 saturated carbocycles. The summed E-state index contributed by atoms with van der Waals surface area (Å²) in [5, 5.41) is 6.06. The lowest BCUT2D eigenvalue weighted by molar-refractivity contribution is 0.0960. The number of rotatable bonds is 1. The quantitative estimate of drug-likeness (QED) is 0.754. The van der Waals surface area contributed by atoms with Crippen LogP contribution in [-0.2, 0) is 0 Å². The normalized spacial score (nSPS) is 12.8. The van der Waals surface area contributed by atoms with Gasteiger partial charge in [-0.2, -0.15) is 0 Å². The Kier molecular flexibility index (Phi) is 1.89. The Hall–Kier alpha value is -2.30. The summed E-state index contributed by atoms with van der Waals surface area (Å²) in [7, 11) is 0. The van der Waals surface area contributed by atoms with Gasteiger partial charge in [-0.05, 0) is 18.2 Å². The first-order valence-corrected chi connectivity index (χ1v) is 4.86. The molecule has 0 spiro atoms. The van der Waals surface area contributed by atoms with E-state index in [2.05, 4.69) is 15.6 Å². The van der Waals surface area contributed by atoms with Crippen molar-refractivity contribution < 1.29 is 4.79 Å². The van der Waals surface area contributed by atoms with E-state index < -0.39 is 0 Å². The van der Waals surface area contributed by atoms with Gasteiger partial charge < -0.3 is 10.6 Å². The highest BCUT2D eigenvalue weighted by Crippen LogP contribution is 2.28. The zero-order valence-corrected chi connectivity index (χ0v) is 8.34. The van der Waals surface area contributed by atoms with Crippen LogP contribution in [0.15, 0.2) is 36.9 Å². The summed E-state index contributed by atoms with van der Waals surface area (Å²) < 4.78 is 1.45. The zero-order chi connectivity index (χ0) is 11.0. The van der Waals surface area contributed by atoms with E-state index in [0.29, 0.717) is 5.56 Å². The van der Waals surface area contributed by atoms with Crippen LogP contribution in [0.3, 0.4) is 0 Å². The highest BCUT2D eigenvalue weighted by Gasteiger charge is 2.13. The molecule has 16 heavy (non-hydrogen) atoms. The topological polar surface area (TPSA) is 59.0 Å². The van der Waals surface area contributed by atoms with E-state index in [-0.39, 0.29) is 5.91 Å². The predicted molar refractivity (Wildman–Crippen MR) is 59.9 cm³/mol. The van der Waals surface area contributed by atoms with Crippen LogP contribution in [-0.4, -0.2) is 15.5 Å². The van der Waals surface area contributed by atoms with Crippen LogP contribution in [0.4, 0.5) is 11.4 Å². The monoisotopic (exact) mass is 213 g/mol. The van der Waals surface area contributed by atoms with Crippen molar-refractivity contribution in [1.82, 2.24) is 9.55 Å². The standard InChI is InChI=1S/C11H9N4O/c16-11(15-4-3-12-7-15)8-1-2-9-10(5-8)14-6-13-9/h1-7,13-14H. The molecule has 0 bridgehead atoms. The summed E-state index contributed by atoms with van der Waals surface area (Å²) in [6.45, 7) is 1.73. The second-order valence-electron chi connectivity index (χ2n) is 3.47. The first kappa shape index (κ1) is 8.96. The van der Waals surface area contributed by atoms with Crippen LogP contribution in [0, 0.1) is 6.67 Å². The van der Waals surface area contributed by atoms with Crippen LogP contribution in [0.25, 0.3) is 0 Å². The van der Waals surface area contributed by atoms with Gasteiger partial charge in [0.05, 0.1) is 11.4 Å². The van der Waals surface area contributed by atoms with Crippen molar-refractivity contribution in [2.75, 3.05) is 10.6 Å². The van der Waals surface area contributed by atoms with Crippen molar-refractivity contribution >= 4 is 17.3 Å². The molecule has 0 saturated heterocycles. The van der Waals surface area contributed by atoms with Gasteiger partial charge in [0.25, 0.3) is 5.91 Å². The van der Waals surface area contributed by atoms with Gasteiger partial charge in [0.1, 0.15) is 13.0 Å². The van der Waals surface area contributed by atoms with E-state index in [4.69, 9.17) is 0 Å². The number of nitrogens with zero attached hydrogens (tertiary/aromatic N) is 2. The van der Waals surface area contributed by atoms with Crippen molar-refractivity contribution in [2.24, 2.45) is 0 Å². The molecule has 1 aliphatic heterocycles. The highest BCUT2D eigenvalue weighted by molar-refractivity contribution is 5.98. The van der Waals surface area contributed by atoms with Crippen LogP contribution >= 0.6 is 0 Å². The third-order valence-electron chi connectivity index (χ3n) is 2.46. The van der Waals surface area contributed by atoms with Crippen molar-refractivity contribution in [3.8, 4) is 0 Å². The Morgan fingerprint density at radius 2 is 2.12 bits per heavy atom. The number of hydrogen-bond acceptors (Lipinski definition) is 4. The fraction of sp³-hybridized carbons (Fsp3) is 0. The summed E-state index contributed by atoms with van der Waals surface area (Å²) in [6.07, 6.45) is 4.71. The molecule has 3 rings (SSSR count). The molecule has 0 unspecified atom stereocenters. The van der Waals surface area contributed by atoms with Crippen molar-refractivity contribution in [3.05, 3.63) is 49.2 Å². The fourth-order valence-corrected chi connectivity index (χ4v) is 1.64. The minimum absolute atomic E-state index is 0.0889. The summed E-state index contributed by atoms with van der Waals surface area (Å²) in [5.74, 6) is -0.0889. The molecule has 0 atom stereocenters. The van der Waals surface area contributed by atoms with Gasteiger partial charge in [0.2, 0.25) is 0 Å². The molecule has 5 nitrogen and oxygen atoms in total. The highest BCUT2D eigenvalue weighted by atomic mass is 16.2. The Morgan fingerprint density at radius 3 is 2.94 bits per heavy atom. The van der Waals surface area contributed by atoms with Crippen LogP contribution < -0.4 is 10.6 Å². The lowest BCUT2D eigenvalue weighted by Crippen LogP contribution is -2.09. The number of carbonyl (C=O) groups is 1. The van der Waals surface area contributed by atoms with Crippen molar-refractivity contribution in [1.29, 1.82) is 0 Å². The van der Waals surface area contributed by atoms with Gasteiger partial charge >= 0.3 is 0 Å². The average molecular weight is 213 g/mol. The maximum Gasteiger partial charge on any atom is 0.263 e. The third-order valence-corrected chi connectivity index (χ3v) is 2.46. The molecule has 2 aromatic rings. The van der Waals surface area contributed by atoms with Crippen LogP contribution in [0.2, 0.25) is 0 Å². The number of benzene rings is 1. The molecular formula is C11H9N4O. The maximum atomic E-state index is 12.0. The number of carbonyl (C=O) groups excluding carboxylic acids is 1. The second kappa shape index (κ2) is 3.37. The minimum atomic E-state index is -0.0889. The summed E-state index contributed by atoms with van der Waals surface area (Å²) in [5.41, 5.74) is 2.51. The molecule has 0 fully saturated rings. The number of nitrogens with one attached hydrogen (secondary N) is 2. The minimum Gasteiger partial charge on any atom is -0.360 e. The summed E-state index contributed by atoms with van der Waals surface area (Å²) >= 11 is 0. The van der Waals surface area contributed by atoms with Crippen molar-refractivity contribution in [2.45, 2.75) is 0 Å². The Balaban J connectivity index is 1.99. The van der Waals surface area contributed by atoms with E-state index in [1.54, 1.807) is 25.1 Å². The molecule has 2 heterocycles. The molecule has 0 amide bonds. The number of aromatic nitrogens is 2. The molecule has 1 aliphatic rings. The third kappa shape index (κ3) is 1.33. The SMILES string of the molecule is O=C(c1ccc2c(c1)N[CH]N2)n1ccnc1. The largest absolute Gasteiger partial charge is 0.360 e. The van der Waals surface area contributed by atoms with E-state index in [0.717, 1.165) is 11.4 Å². The lowest BCUT2D eigenvalue weighted by atomic mass is 10.1. The van der Waals surface area contributed by atoms with E-state index >= 15 is 0 Å². The number of fused-ring (bicyclic) bond motifs is 1. The first-order valence-electron chi connectivity index (χ1n) is 4.86. The molecule has 1 radical (unpaired) electrons. The van der Waals surface area contributed by atoms with Gasteiger partial charge in [-0.25, -0.2) is 4.98 Å². The fourth-order valence-electron chi connectivity index (χ4n) is 1.64. The first-order chi connectivity index (χ1) is 7.84. The van der Waals surface area contributed by atoms with Crippen LogP contribution in [0.5, 0.6) is 0 Å². The van der Waals surface area contributed by atoms with Gasteiger partial charge in [0.15, 0.2) is 0 Å². The molecule has 5 heteroatoms. The smallest absolute Gasteiger partial charge is 0.263 e. The molecule has 79 valence electrons. The Morgan fingerprint density at radius 1 is 1.25 bits per heavy atom. The molecular weight excluding hydrogens is 204 g/mol. The summed E-state index contributed by atoms with van der Waals surface area (Å²) in [6, 6.07) is 5.47. The van der Waals surface area contributed by atoms with Gasteiger partial charge in [-0.15, -0.1) is 0 Å². The maximum absolute atomic E-state index is 12.0. The molecule has 1 aromatic heterocycles. The van der Waals surface area contributed by atoms with Gasteiger partial charge in [0, 0.05) is 18.0 Å². The lowest BCUT2D eigenvalue weighted by Gasteiger charge is -2.03. The van der Waals surface area contributed by atoms with Crippen LogP contribution in [0.1, 0.15) is 10.4 Å². The predicted octanol–water partition coefficient (Wildman–Crippen LogP) is 1.53. The van der Waals surface area contributed by atoms with Gasteiger partial charge in [-0.3, -0.25) is 9.36 Å². The molecule has 2 N–H and O–H groups in total. The molecule has 1 aromatic carbocycles. The van der Waals surface area contributed by atoms with E-state index in [1.165, 1.54) is 10.9 Å². The Bertz CT molecular complexity index is 533. The second-order valence-corrected chi connectivity index (χ2v) is 3.47. The average Bonchev–Trinajstić information content (AvgIpc) is 2.98. The zero-order valence-electron chi connectivity index (χ0n) is 8.34. The van der Waals surface area contributed by atoms with E-state index in [1.807, 2.05) is 12.1 Å². The van der Waals surface area contributed by atoms with E-state index in [9.17, 15) is 4.79 Å². The Labute approximate surface area is 92.1 Å².